The number of rotatable bonds is 5. The summed E-state index contributed by atoms with van der Waals surface area (Å²) in [6.45, 7) is 0.463. The molecule has 0 bridgehead atoms. The average molecular weight is 373 g/mol. The van der Waals surface area contributed by atoms with Gasteiger partial charge in [0, 0.05) is 36.0 Å². The molecular weight excluding hydrogens is 356 g/mol. The number of aromatic nitrogens is 1. The number of amides is 1. The summed E-state index contributed by atoms with van der Waals surface area (Å²) in [5.74, 6) is -1.45. The fourth-order valence-electron chi connectivity index (χ4n) is 2.43. The smallest absolute Gasteiger partial charge is 0.323 e. The second kappa shape index (κ2) is 7.55. The molecule has 0 aliphatic carbocycles. The van der Waals surface area contributed by atoms with Gasteiger partial charge in [-0.25, -0.2) is 0 Å². The predicted octanol–water partition coefficient (Wildman–Crippen LogP) is 0.703. The van der Waals surface area contributed by atoms with Crippen LogP contribution < -0.4 is 5.56 Å². The molecule has 2 rings (SSSR count). The Morgan fingerprint density at radius 2 is 2.05 bits per heavy atom. The Labute approximate surface area is 135 Å². The van der Waals surface area contributed by atoms with E-state index in [-0.39, 0.29) is 30.6 Å². The van der Waals surface area contributed by atoms with Crippen molar-refractivity contribution in [2.24, 2.45) is 0 Å². The molecule has 1 aliphatic rings. The second-order valence-electron chi connectivity index (χ2n) is 5.07. The number of carboxylic acids is 1. The van der Waals surface area contributed by atoms with E-state index in [0.29, 0.717) is 30.5 Å². The Morgan fingerprint density at radius 1 is 1.36 bits per heavy atom. The first-order chi connectivity index (χ1) is 10.5. The van der Waals surface area contributed by atoms with E-state index in [4.69, 9.17) is 9.84 Å². The van der Waals surface area contributed by atoms with Gasteiger partial charge >= 0.3 is 5.97 Å². The van der Waals surface area contributed by atoms with Gasteiger partial charge in [-0.15, -0.1) is 0 Å². The summed E-state index contributed by atoms with van der Waals surface area (Å²) >= 11 is 3.24. The standard InChI is InChI=1S/C14H17BrN2O5/c15-10-1-2-12(18)16(7-10)8-13(19)17(9-14(20)21)11-3-5-22-6-4-11/h1-2,7,11H,3-6,8-9H2,(H,20,21). The highest BCUT2D eigenvalue weighted by Gasteiger charge is 2.27. The van der Waals surface area contributed by atoms with Crippen LogP contribution in [-0.2, 0) is 20.9 Å². The van der Waals surface area contributed by atoms with E-state index in [1.165, 1.54) is 21.7 Å². The van der Waals surface area contributed by atoms with E-state index < -0.39 is 5.97 Å². The molecule has 1 aromatic rings. The van der Waals surface area contributed by atoms with Gasteiger partial charge in [-0.1, -0.05) is 0 Å². The first-order valence-corrected chi connectivity index (χ1v) is 7.71. The van der Waals surface area contributed by atoms with Crippen molar-refractivity contribution in [3.8, 4) is 0 Å². The monoisotopic (exact) mass is 372 g/mol. The van der Waals surface area contributed by atoms with Gasteiger partial charge in [-0.3, -0.25) is 14.4 Å². The Morgan fingerprint density at radius 3 is 2.68 bits per heavy atom. The molecule has 0 atom stereocenters. The zero-order chi connectivity index (χ0) is 16.1. The zero-order valence-corrected chi connectivity index (χ0v) is 13.5. The topological polar surface area (TPSA) is 88.8 Å². The van der Waals surface area contributed by atoms with Crippen LogP contribution in [-0.4, -0.2) is 52.3 Å². The van der Waals surface area contributed by atoms with E-state index in [2.05, 4.69) is 15.9 Å². The largest absolute Gasteiger partial charge is 0.480 e. The van der Waals surface area contributed by atoms with Crippen LogP contribution in [0.1, 0.15) is 12.8 Å². The van der Waals surface area contributed by atoms with Crippen molar-refractivity contribution in [2.45, 2.75) is 25.4 Å². The molecule has 22 heavy (non-hydrogen) atoms. The summed E-state index contributed by atoms with van der Waals surface area (Å²) in [7, 11) is 0. The summed E-state index contributed by atoms with van der Waals surface area (Å²) in [4.78, 5) is 36.6. The molecular formula is C14H17BrN2O5. The Kier molecular flexibility index (Phi) is 5.73. The van der Waals surface area contributed by atoms with Crippen molar-refractivity contribution in [1.82, 2.24) is 9.47 Å². The van der Waals surface area contributed by atoms with Gasteiger partial charge in [-0.05, 0) is 34.8 Å². The third-order valence-electron chi connectivity index (χ3n) is 3.51. The van der Waals surface area contributed by atoms with Crippen molar-refractivity contribution in [3.05, 3.63) is 33.2 Å². The number of halogens is 1. The second-order valence-corrected chi connectivity index (χ2v) is 5.99. The van der Waals surface area contributed by atoms with Crippen LogP contribution in [0.3, 0.4) is 0 Å². The van der Waals surface area contributed by atoms with E-state index in [1.807, 2.05) is 0 Å². The van der Waals surface area contributed by atoms with Crippen molar-refractivity contribution >= 4 is 27.8 Å². The molecule has 1 amide bonds. The molecule has 7 nitrogen and oxygen atoms in total. The SMILES string of the molecule is O=C(O)CN(C(=O)Cn1cc(Br)ccc1=O)C1CCOCC1. The summed E-state index contributed by atoms with van der Waals surface area (Å²) in [6, 6.07) is 2.78. The minimum atomic E-state index is -1.07. The zero-order valence-electron chi connectivity index (χ0n) is 11.9. The van der Waals surface area contributed by atoms with Crippen molar-refractivity contribution < 1.29 is 19.4 Å². The van der Waals surface area contributed by atoms with Crippen LogP contribution >= 0.6 is 15.9 Å². The van der Waals surface area contributed by atoms with Gasteiger partial charge in [-0.2, -0.15) is 0 Å². The predicted molar refractivity (Wildman–Crippen MR) is 81.6 cm³/mol. The first-order valence-electron chi connectivity index (χ1n) is 6.92. The fourth-order valence-corrected chi connectivity index (χ4v) is 2.81. The number of carbonyl (C=O) groups is 2. The normalized spacial score (nSPS) is 15.5. The van der Waals surface area contributed by atoms with Crippen LogP contribution in [0.2, 0.25) is 0 Å². The summed E-state index contributed by atoms with van der Waals surface area (Å²) in [6.07, 6.45) is 2.72. The van der Waals surface area contributed by atoms with Gasteiger partial charge in [0.15, 0.2) is 0 Å². The summed E-state index contributed by atoms with van der Waals surface area (Å²) < 4.78 is 7.18. The average Bonchev–Trinajstić information content (AvgIpc) is 2.49. The van der Waals surface area contributed by atoms with Gasteiger partial charge in [0.1, 0.15) is 13.1 Å². The molecule has 1 aliphatic heterocycles. The molecule has 8 heteroatoms. The van der Waals surface area contributed by atoms with Crippen LogP contribution in [0.5, 0.6) is 0 Å². The molecule has 2 heterocycles. The number of hydrogen-bond acceptors (Lipinski definition) is 4. The van der Waals surface area contributed by atoms with Gasteiger partial charge in [0.25, 0.3) is 5.56 Å². The van der Waals surface area contributed by atoms with Gasteiger partial charge in [0.2, 0.25) is 5.91 Å². The lowest BCUT2D eigenvalue weighted by Crippen LogP contribution is -2.47. The minimum Gasteiger partial charge on any atom is -0.480 e. The Balaban J connectivity index is 2.15. The number of aliphatic carboxylic acids is 1. The lowest BCUT2D eigenvalue weighted by molar-refractivity contribution is -0.148. The summed E-state index contributed by atoms with van der Waals surface area (Å²) in [5.41, 5.74) is -0.307. The molecule has 0 radical (unpaired) electrons. The molecule has 0 saturated carbocycles. The highest BCUT2D eigenvalue weighted by Crippen LogP contribution is 2.15. The van der Waals surface area contributed by atoms with Crippen molar-refractivity contribution in [2.75, 3.05) is 19.8 Å². The number of carboxylic acid groups (broad SMARTS) is 1. The van der Waals surface area contributed by atoms with E-state index in [1.54, 1.807) is 6.07 Å². The van der Waals surface area contributed by atoms with Crippen molar-refractivity contribution in [3.63, 3.8) is 0 Å². The van der Waals surface area contributed by atoms with Crippen LogP contribution in [0.25, 0.3) is 0 Å². The van der Waals surface area contributed by atoms with E-state index >= 15 is 0 Å². The molecule has 0 spiro atoms. The third-order valence-corrected chi connectivity index (χ3v) is 3.98. The van der Waals surface area contributed by atoms with Crippen LogP contribution in [0, 0.1) is 0 Å². The lowest BCUT2D eigenvalue weighted by Gasteiger charge is -2.33. The maximum Gasteiger partial charge on any atom is 0.323 e. The Hall–Kier alpha value is -1.67. The molecule has 0 unspecified atom stereocenters. The fraction of sp³-hybridized carbons (Fsp3) is 0.500. The van der Waals surface area contributed by atoms with Crippen LogP contribution in [0.15, 0.2) is 27.6 Å². The molecule has 0 aromatic carbocycles. The minimum absolute atomic E-state index is 0.166. The number of nitrogens with zero attached hydrogens (tertiary/aromatic N) is 2. The molecule has 1 fully saturated rings. The third kappa shape index (κ3) is 4.41. The van der Waals surface area contributed by atoms with E-state index in [0.717, 1.165) is 0 Å². The quantitative estimate of drug-likeness (QED) is 0.821. The number of ether oxygens (including phenoxy) is 1. The summed E-state index contributed by atoms with van der Waals surface area (Å²) in [5, 5.41) is 9.03. The molecule has 120 valence electrons. The van der Waals surface area contributed by atoms with Crippen molar-refractivity contribution in [1.29, 1.82) is 0 Å². The van der Waals surface area contributed by atoms with Crippen LogP contribution in [0.4, 0.5) is 0 Å². The number of hydrogen-bond donors (Lipinski definition) is 1. The highest BCUT2D eigenvalue weighted by molar-refractivity contribution is 9.10. The van der Waals surface area contributed by atoms with Gasteiger partial charge < -0.3 is 19.3 Å². The first kappa shape index (κ1) is 16.7. The maximum absolute atomic E-state index is 12.5. The highest BCUT2D eigenvalue weighted by atomic mass is 79.9. The number of carbonyl (C=O) groups excluding carboxylic acids is 1. The molecule has 1 saturated heterocycles. The maximum atomic E-state index is 12.5. The molecule has 1 aromatic heterocycles. The number of pyridine rings is 1. The lowest BCUT2D eigenvalue weighted by atomic mass is 10.1. The van der Waals surface area contributed by atoms with Gasteiger partial charge in [0.05, 0.1) is 0 Å². The Bertz CT molecular complexity index is 609. The molecule has 1 N–H and O–H groups in total. The van der Waals surface area contributed by atoms with E-state index in [9.17, 15) is 14.4 Å².